The van der Waals surface area contributed by atoms with E-state index in [1.165, 1.54) is 50.5 Å². The Kier molecular flexibility index (Phi) is 10.5. The number of benzene rings is 1. The van der Waals surface area contributed by atoms with Gasteiger partial charge in [-0.05, 0) is 49.1 Å². The molecule has 0 unspecified atom stereocenters. The fourth-order valence-electron chi connectivity index (χ4n) is 2.93. The van der Waals surface area contributed by atoms with Gasteiger partial charge < -0.3 is 9.47 Å². The number of ether oxygens (including phenoxy) is 2. The molecule has 0 N–H and O–H groups in total. The van der Waals surface area contributed by atoms with E-state index in [0.717, 1.165) is 36.6 Å². The van der Waals surface area contributed by atoms with Crippen molar-refractivity contribution in [2.75, 3.05) is 13.4 Å². The summed E-state index contributed by atoms with van der Waals surface area (Å²) in [6, 6.07) is 7.84. The van der Waals surface area contributed by atoms with Crippen molar-refractivity contribution in [3.8, 4) is 17.1 Å². The van der Waals surface area contributed by atoms with Crippen LogP contribution in [0.15, 0.2) is 36.7 Å². The molecule has 0 spiro atoms. The summed E-state index contributed by atoms with van der Waals surface area (Å²) in [7, 11) is 0. The number of unbranched alkanes of at least 4 members (excludes halogenated alkanes) is 6. The molecule has 0 aliphatic rings. The van der Waals surface area contributed by atoms with Gasteiger partial charge in [-0.3, -0.25) is 0 Å². The molecule has 0 saturated heterocycles. The van der Waals surface area contributed by atoms with Crippen LogP contribution >= 0.6 is 0 Å². The molecule has 0 aliphatic heterocycles. The number of nitrogens with zero attached hydrogens (tertiary/aromatic N) is 2. The molecule has 1 aromatic heterocycles. The third-order valence-electron chi connectivity index (χ3n) is 4.54. The molecule has 0 aliphatic carbocycles. The van der Waals surface area contributed by atoms with E-state index in [1.807, 2.05) is 36.7 Å². The van der Waals surface area contributed by atoms with Crippen molar-refractivity contribution in [2.24, 2.45) is 0 Å². The quantitative estimate of drug-likeness (QED) is 0.293. The van der Waals surface area contributed by atoms with Gasteiger partial charge in [-0.25, -0.2) is 9.97 Å². The monoisotopic (exact) mass is 370 g/mol. The summed E-state index contributed by atoms with van der Waals surface area (Å²) in [6.45, 7) is 5.35. The Morgan fingerprint density at radius 3 is 2.11 bits per heavy atom. The lowest BCUT2D eigenvalue weighted by Crippen LogP contribution is -2.03. The molecular formula is C23H34N2O2. The summed E-state index contributed by atoms with van der Waals surface area (Å²) in [4.78, 5) is 9.06. The average Bonchev–Trinajstić information content (AvgIpc) is 2.71. The highest BCUT2D eigenvalue weighted by Gasteiger charge is 2.03. The van der Waals surface area contributed by atoms with Crippen molar-refractivity contribution < 1.29 is 9.47 Å². The van der Waals surface area contributed by atoms with Gasteiger partial charge in [0.15, 0.2) is 12.6 Å². The molecule has 2 aromatic rings. The second kappa shape index (κ2) is 13.3. The van der Waals surface area contributed by atoms with Crippen LogP contribution in [-0.2, 0) is 11.2 Å². The highest BCUT2D eigenvalue weighted by molar-refractivity contribution is 5.55. The van der Waals surface area contributed by atoms with Crippen LogP contribution in [0.3, 0.4) is 0 Å². The third kappa shape index (κ3) is 8.53. The minimum absolute atomic E-state index is 0.289. The van der Waals surface area contributed by atoms with Crippen molar-refractivity contribution in [1.29, 1.82) is 0 Å². The van der Waals surface area contributed by atoms with E-state index in [2.05, 4.69) is 23.8 Å². The molecule has 0 saturated carbocycles. The predicted molar refractivity (Wildman–Crippen MR) is 111 cm³/mol. The van der Waals surface area contributed by atoms with Crippen LogP contribution in [0.1, 0.15) is 70.8 Å². The van der Waals surface area contributed by atoms with Crippen LogP contribution in [-0.4, -0.2) is 23.4 Å². The standard InChI is InChI=1S/C23H34N2O2/c1-3-5-6-7-8-9-10-11-20-17-24-23(25-18-20)21-12-14-22(15-13-21)27-19-26-16-4-2/h12-15,17-18H,3-11,16,19H2,1-2H3. The van der Waals surface area contributed by atoms with E-state index < -0.39 is 0 Å². The molecule has 2 rings (SSSR count). The fourth-order valence-corrected chi connectivity index (χ4v) is 2.93. The maximum Gasteiger partial charge on any atom is 0.189 e. The van der Waals surface area contributed by atoms with E-state index in [9.17, 15) is 0 Å². The highest BCUT2D eigenvalue weighted by atomic mass is 16.7. The van der Waals surface area contributed by atoms with Crippen molar-refractivity contribution in [1.82, 2.24) is 9.97 Å². The van der Waals surface area contributed by atoms with Gasteiger partial charge in [0.25, 0.3) is 0 Å². The molecule has 0 fully saturated rings. The maximum atomic E-state index is 5.54. The summed E-state index contributed by atoms with van der Waals surface area (Å²) in [6.07, 6.45) is 15.3. The van der Waals surface area contributed by atoms with Gasteiger partial charge in [-0.2, -0.15) is 0 Å². The van der Waals surface area contributed by atoms with E-state index in [0.29, 0.717) is 0 Å². The number of hydrogen-bond donors (Lipinski definition) is 0. The number of aromatic nitrogens is 2. The first-order chi connectivity index (χ1) is 13.3. The van der Waals surface area contributed by atoms with Gasteiger partial charge in [0.2, 0.25) is 0 Å². The Morgan fingerprint density at radius 2 is 1.44 bits per heavy atom. The third-order valence-corrected chi connectivity index (χ3v) is 4.54. The molecule has 0 amide bonds. The van der Waals surface area contributed by atoms with Crippen molar-refractivity contribution in [2.45, 2.75) is 71.6 Å². The van der Waals surface area contributed by atoms with Gasteiger partial charge in [0.1, 0.15) is 5.75 Å². The molecular weight excluding hydrogens is 336 g/mol. The van der Waals surface area contributed by atoms with Gasteiger partial charge in [0, 0.05) is 18.0 Å². The van der Waals surface area contributed by atoms with Crippen LogP contribution in [0.2, 0.25) is 0 Å². The Hall–Kier alpha value is -1.94. The lowest BCUT2D eigenvalue weighted by molar-refractivity contribution is 0.0157. The van der Waals surface area contributed by atoms with Crippen molar-refractivity contribution >= 4 is 0 Å². The van der Waals surface area contributed by atoms with Crippen LogP contribution in [0.4, 0.5) is 0 Å². The number of rotatable bonds is 14. The minimum Gasteiger partial charge on any atom is -0.468 e. The zero-order chi connectivity index (χ0) is 19.2. The molecule has 4 nitrogen and oxygen atoms in total. The molecule has 4 heteroatoms. The van der Waals surface area contributed by atoms with Crippen LogP contribution < -0.4 is 4.74 Å². The minimum atomic E-state index is 0.289. The van der Waals surface area contributed by atoms with Crippen molar-refractivity contribution in [3.05, 3.63) is 42.2 Å². The first kappa shape index (κ1) is 21.4. The Balaban J connectivity index is 1.72. The molecule has 0 atom stereocenters. The first-order valence-corrected chi connectivity index (χ1v) is 10.5. The summed E-state index contributed by atoms with van der Waals surface area (Å²) < 4.78 is 10.9. The lowest BCUT2D eigenvalue weighted by Gasteiger charge is -2.07. The van der Waals surface area contributed by atoms with E-state index >= 15 is 0 Å². The number of hydrogen-bond acceptors (Lipinski definition) is 4. The molecule has 1 aromatic carbocycles. The van der Waals surface area contributed by atoms with Gasteiger partial charge in [-0.15, -0.1) is 0 Å². The van der Waals surface area contributed by atoms with Gasteiger partial charge >= 0.3 is 0 Å². The summed E-state index contributed by atoms with van der Waals surface area (Å²) >= 11 is 0. The fraction of sp³-hybridized carbons (Fsp3) is 0.565. The van der Waals surface area contributed by atoms with Gasteiger partial charge in [0.05, 0.1) is 6.61 Å². The second-order valence-corrected chi connectivity index (χ2v) is 6.98. The lowest BCUT2D eigenvalue weighted by atomic mass is 10.1. The van der Waals surface area contributed by atoms with E-state index in [-0.39, 0.29) is 6.79 Å². The summed E-state index contributed by atoms with van der Waals surface area (Å²) in [5.41, 5.74) is 2.22. The predicted octanol–water partition coefficient (Wildman–Crippen LogP) is 6.20. The Labute approximate surface area is 164 Å². The van der Waals surface area contributed by atoms with Crippen LogP contribution in [0.5, 0.6) is 5.75 Å². The number of aryl methyl sites for hydroxylation is 1. The Morgan fingerprint density at radius 1 is 0.778 bits per heavy atom. The van der Waals surface area contributed by atoms with E-state index in [1.54, 1.807) is 0 Å². The smallest absolute Gasteiger partial charge is 0.189 e. The molecule has 27 heavy (non-hydrogen) atoms. The molecule has 0 radical (unpaired) electrons. The van der Waals surface area contributed by atoms with Crippen LogP contribution in [0, 0.1) is 0 Å². The SMILES string of the molecule is CCCCCCCCCc1cnc(-c2ccc(OCOCCC)cc2)nc1. The zero-order valence-electron chi connectivity index (χ0n) is 17.0. The molecule has 148 valence electrons. The first-order valence-electron chi connectivity index (χ1n) is 10.5. The average molecular weight is 371 g/mol. The summed E-state index contributed by atoms with van der Waals surface area (Å²) in [5.74, 6) is 1.55. The molecule has 0 bridgehead atoms. The summed E-state index contributed by atoms with van der Waals surface area (Å²) in [5, 5.41) is 0. The second-order valence-electron chi connectivity index (χ2n) is 6.98. The zero-order valence-corrected chi connectivity index (χ0v) is 17.0. The van der Waals surface area contributed by atoms with E-state index in [4.69, 9.17) is 9.47 Å². The molecule has 1 heterocycles. The highest BCUT2D eigenvalue weighted by Crippen LogP contribution is 2.19. The normalized spacial score (nSPS) is 10.9. The maximum absolute atomic E-state index is 5.54. The van der Waals surface area contributed by atoms with Gasteiger partial charge in [-0.1, -0.05) is 52.4 Å². The van der Waals surface area contributed by atoms with Crippen molar-refractivity contribution in [3.63, 3.8) is 0 Å². The largest absolute Gasteiger partial charge is 0.468 e. The topological polar surface area (TPSA) is 44.2 Å². The van der Waals surface area contributed by atoms with Crippen LogP contribution in [0.25, 0.3) is 11.4 Å². The Bertz CT molecular complexity index is 611.